The highest BCUT2D eigenvalue weighted by Gasteiger charge is 2.17. The van der Waals surface area contributed by atoms with Gasteiger partial charge < -0.3 is 9.64 Å². The van der Waals surface area contributed by atoms with Crippen molar-refractivity contribution in [1.29, 1.82) is 0 Å². The highest BCUT2D eigenvalue weighted by Crippen LogP contribution is 1.97. The lowest BCUT2D eigenvalue weighted by Crippen LogP contribution is -2.40. The molecule has 0 unspecified atom stereocenters. The van der Waals surface area contributed by atoms with E-state index in [1.807, 2.05) is 6.92 Å². The Bertz CT molecular complexity index is 316. The maximum absolute atomic E-state index is 11.7. The van der Waals surface area contributed by atoms with Crippen molar-refractivity contribution in [3.05, 3.63) is 0 Å². The van der Waals surface area contributed by atoms with Crippen LogP contribution in [0.25, 0.3) is 0 Å². The van der Waals surface area contributed by atoms with E-state index in [9.17, 15) is 14.4 Å². The fourth-order valence-corrected chi connectivity index (χ4v) is 1.54. The first-order chi connectivity index (χ1) is 8.90. The van der Waals surface area contributed by atoms with Crippen LogP contribution in [0.5, 0.6) is 0 Å². The quantitative estimate of drug-likeness (QED) is 0.446. The van der Waals surface area contributed by atoms with E-state index in [2.05, 4.69) is 0 Å². The first-order valence-corrected chi connectivity index (χ1v) is 6.50. The van der Waals surface area contributed by atoms with Crippen molar-refractivity contribution in [3.63, 3.8) is 0 Å². The van der Waals surface area contributed by atoms with E-state index in [-0.39, 0.29) is 37.8 Å². The van der Waals surface area contributed by atoms with E-state index in [0.717, 1.165) is 6.42 Å². The fraction of sp³-hybridized carbons (Fsp3) is 0.769. The standard InChI is InChI=1S/C13H24N2O4/c1-5-7-15(10-12(17)14(3)4)9-11(16)8-13(18)19-6-2/h5-10H2,1-4H3. The monoisotopic (exact) mass is 272 g/mol. The van der Waals surface area contributed by atoms with Gasteiger partial charge in [0.15, 0.2) is 5.78 Å². The Labute approximate surface area is 114 Å². The molecule has 0 saturated heterocycles. The zero-order valence-corrected chi connectivity index (χ0v) is 12.3. The number of ketones is 1. The molecule has 0 rings (SSSR count). The molecule has 0 bridgehead atoms. The van der Waals surface area contributed by atoms with E-state index in [1.165, 1.54) is 4.90 Å². The van der Waals surface area contributed by atoms with E-state index in [0.29, 0.717) is 6.54 Å². The molecule has 0 atom stereocenters. The van der Waals surface area contributed by atoms with Gasteiger partial charge in [-0.1, -0.05) is 6.92 Å². The molecular formula is C13H24N2O4. The van der Waals surface area contributed by atoms with Crippen LogP contribution in [-0.2, 0) is 19.1 Å². The Morgan fingerprint density at radius 1 is 1.05 bits per heavy atom. The minimum absolute atomic E-state index is 0.0580. The van der Waals surface area contributed by atoms with Crippen LogP contribution >= 0.6 is 0 Å². The lowest BCUT2D eigenvalue weighted by molar-refractivity contribution is -0.145. The number of rotatable bonds is 9. The number of hydrogen-bond acceptors (Lipinski definition) is 5. The number of esters is 1. The van der Waals surface area contributed by atoms with Gasteiger partial charge in [0.25, 0.3) is 0 Å². The number of carbonyl (C=O) groups is 3. The summed E-state index contributed by atoms with van der Waals surface area (Å²) >= 11 is 0. The number of hydrogen-bond donors (Lipinski definition) is 0. The van der Waals surface area contributed by atoms with Gasteiger partial charge in [0.2, 0.25) is 5.91 Å². The fourth-order valence-electron chi connectivity index (χ4n) is 1.54. The molecule has 0 radical (unpaired) electrons. The Morgan fingerprint density at radius 2 is 1.68 bits per heavy atom. The molecule has 0 aliphatic heterocycles. The molecular weight excluding hydrogens is 248 g/mol. The summed E-state index contributed by atoms with van der Waals surface area (Å²) in [5.74, 6) is -0.793. The number of Topliss-reactive ketones (excluding diaryl/α,β-unsaturated/α-hetero) is 1. The number of amides is 1. The zero-order chi connectivity index (χ0) is 14.8. The summed E-state index contributed by atoms with van der Waals surface area (Å²) in [4.78, 5) is 37.7. The van der Waals surface area contributed by atoms with Gasteiger partial charge in [0, 0.05) is 14.1 Å². The van der Waals surface area contributed by atoms with Gasteiger partial charge in [-0.05, 0) is 19.9 Å². The molecule has 1 amide bonds. The molecule has 0 fully saturated rings. The SMILES string of the molecule is CCCN(CC(=O)CC(=O)OCC)CC(=O)N(C)C. The van der Waals surface area contributed by atoms with Gasteiger partial charge >= 0.3 is 5.97 Å². The van der Waals surface area contributed by atoms with Crippen molar-refractivity contribution in [3.8, 4) is 0 Å². The van der Waals surface area contributed by atoms with Gasteiger partial charge in [-0.25, -0.2) is 0 Å². The molecule has 0 saturated carbocycles. The molecule has 0 aromatic rings. The topological polar surface area (TPSA) is 66.9 Å². The molecule has 19 heavy (non-hydrogen) atoms. The third kappa shape index (κ3) is 8.31. The average Bonchev–Trinajstić information content (AvgIpc) is 2.28. The maximum atomic E-state index is 11.7. The van der Waals surface area contributed by atoms with E-state index in [4.69, 9.17) is 4.74 Å². The third-order valence-corrected chi connectivity index (χ3v) is 2.44. The summed E-state index contributed by atoms with van der Waals surface area (Å²) in [7, 11) is 3.35. The Kier molecular flexibility index (Phi) is 8.78. The predicted octanol–water partition coefficient (Wildman–Crippen LogP) is 0.309. The number of nitrogens with zero attached hydrogens (tertiary/aromatic N) is 2. The van der Waals surface area contributed by atoms with Crippen molar-refractivity contribution in [2.75, 3.05) is 40.3 Å². The third-order valence-electron chi connectivity index (χ3n) is 2.44. The zero-order valence-electron chi connectivity index (χ0n) is 12.3. The van der Waals surface area contributed by atoms with Crippen LogP contribution in [-0.4, -0.2) is 67.8 Å². The molecule has 0 aliphatic rings. The highest BCUT2D eigenvalue weighted by molar-refractivity contribution is 5.96. The van der Waals surface area contributed by atoms with Crippen molar-refractivity contribution in [1.82, 2.24) is 9.80 Å². The second-order valence-corrected chi connectivity index (χ2v) is 4.52. The predicted molar refractivity (Wildman–Crippen MR) is 71.7 cm³/mol. The van der Waals surface area contributed by atoms with E-state index < -0.39 is 5.97 Å². The van der Waals surface area contributed by atoms with Gasteiger partial charge in [-0.2, -0.15) is 0 Å². The van der Waals surface area contributed by atoms with E-state index in [1.54, 1.807) is 25.9 Å². The Morgan fingerprint density at radius 3 is 2.16 bits per heavy atom. The van der Waals surface area contributed by atoms with Crippen molar-refractivity contribution >= 4 is 17.7 Å². The number of likely N-dealkylation sites (N-methyl/N-ethyl adjacent to an activating group) is 1. The maximum Gasteiger partial charge on any atom is 0.313 e. The molecule has 6 heteroatoms. The summed E-state index contributed by atoms with van der Waals surface area (Å²) in [6.07, 6.45) is 0.609. The minimum Gasteiger partial charge on any atom is -0.466 e. The molecule has 0 heterocycles. The average molecular weight is 272 g/mol. The van der Waals surface area contributed by atoms with Crippen LogP contribution in [0.2, 0.25) is 0 Å². The van der Waals surface area contributed by atoms with E-state index >= 15 is 0 Å². The lowest BCUT2D eigenvalue weighted by atomic mass is 10.2. The molecule has 110 valence electrons. The van der Waals surface area contributed by atoms with Crippen LogP contribution in [0, 0.1) is 0 Å². The van der Waals surface area contributed by atoms with Crippen molar-refractivity contribution in [2.45, 2.75) is 26.7 Å². The van der Waals surface area contributed by atoms with Gasteiger partial charge in [0.05, 0.1) is 19.7 Å². The first kappa shape index (κ1) is 17.6. The summed E-state index contributed by atoms with van der Waals surface area (Å²) < 4.78 is 4.72. The first-order valence-electron chi connectivity index (χ1n) is 6.50. The largest absolute Gasteiger partial charge is 0.466 e. The van der Waals surface area contributed by atoms with Crippen LogP contribution < -0.4 is 0 Å². The minimum atomic E-state index is -0.511. The Hall–Kier alpha value is -1.43. The molecule has 0 aromatic heterocycles. The molecule has 6 nitrogen and oxygen atoms in total. The second kappa shape index (κ2) is 9.49. The smallest absolute Gasteiger partial charge is 0.313 e. The summed E-state index contributed by atoms with van der Waals surface area (Å²) in [6.45, 7) is 4.88. The summed E-state index contributed by atoms with van der Waals surface area (Å²) in [6, 6.07) is 0. The lowest BCUT2D eigenvalue weighted by Gasteiger charge is -2.22. The van der Waals surface area contributed by atoms with Crippen LogP contribution in [0.1, 0.15) is 26.7 Å². The van der Waals surface area contributed by atoms with Gasteiger partial charge in [-0.3, -0.25) is 19.3 Å². The molecule has 0 aliphatic carbocycles. The molecule has 0 spiro atoms. The normalized spacial score (nSPS) is 10.4. The van der Waals surface area contributed by atoms with Crippen LogP contribution in [0.3, 0.4) is 0 Å². The van der Waals surface area contributed by atoms with Crippen molar-refractivity contribution in [2.24, 2.45) is 0 Å². The van der Waals surface area contributed by atoms with Gasteiger partial charge in [-0.15, -0.1) is 0 Å². The van der Waals surface area contributed by atoms with Gasteiger partial charge in [0.1, 0.15) is 6.42 Å². The summed E-state index contributed by atoms with van der Waals surface area (Å²) in [5.41, 5.74) is 0. The second-order valence-electron chi connectivity index (χ2n) is 4.52. The van der Waals surface area contributed by atoms with Crippen LogP contribution in [0.15, 0.2) is 0 Å². The summed E-state index contributed by atoms with van der Waals surface area (Å²) in [5, 5.41) is 0. The number of ether oxygens (including phenoxy) is 1. The van der Waals surface area contributed by atoms with Crippen LogP contribution in [0.4, 0.5) is 0 Å². The number of carbonyl (C=O) groups excluding carboxylic acids is 3. The Balaban J connectivity index is 4.29. The molecule has 0 aromatic carbocycles. The van der Waals surface area contributed by atoms with Crippen molar-refractivity contribution < 1.29 is 19.1 Å². The molecule has 0 N–H and O–H groups in total. The highest BCUT2D eigenvalue weighted by atomic mass is 16.5.